The summed E-state index contributed by atoms with van der Waals surface area (Å²) in [4.78, 5) is 29.5. The fourth-order valence-corrected chi connectivity index (χ4v) is 4.15. The summed E-state index contributed by atoms with van der Waals surface area (Å²) in [6.07, 6.45) is 0. The largest absolute Gasteiger partial charge is 0.368 e. The number of hydrogen-bond acceptors (Lipinski definition) is 3. The fourth-order valence-electron chi connectivity index (χ4n) is 4.02. The molecule has 2 amide bonds. The maximum Gasteiger partial charge on any atom is 0.255 e. The molecule has 0 aliphatic carbocycles. The Morgan fingerprint density at radius 1 is 0.765 bits per heavy atom. The van der Waals surface area contributed by atoms with Gasteiger partial charge in [-0.25, -0.2) is 0 Å². The summed E-state index contributed by atoms with van der Waals surface area (Å²) in [5, 5.41) is 3.60. The molecule has 3 aromatic carbocycles. The minimum Gasteiger partial charge on any atom is -0.368 e. The molecule has 4 rings (SSSR count). The van der Waals surface area contributed by atoms with E-state index in [1.165, 1.54) is 5.56 Å². The zero-order chi connectivity index (χ0) is 24.3. The van der Waals surface area contributed by atoms with Crippen LogP contribution in [-0.4, -0.2) is 42.9 Å². The van der Waals surface area contributed by atoms with E-state index in [-0.39, 0.29) is 17.2 Å². The van der Waals surface area contributed by atoms with Crippen molar-refractivity contribution in [1.82, 2.24) is 4.90 Å². The van der Waals surface area contributed by atoms with Crippen molar-refractivity contribution < 1.29 is 9.59 Å². The lowest BCUT2D eigenvalue weighted by Crippen LogP contribution is -2.48. The third kappa shape index (κ3) is 5.60. The first-order valence-electron chi connectivity index (χ1n) is 11.5. The first-order valence-corrected chi connectivity index (χ1v) is 11.9. The van der Waals surface area contributed by atoms with Gasteiger partial charge >= 0.3 is 0 Å². The number of amides is 2. The number of anilines is 2. The normalized spacial score (nSPS) is 14.1. The minimum absolute atomic E-state index is 0.0323. The average molecular weight is 476 g/mol. The van der Waals surface area contributed by atoms with Crippen LogP contribution in [0.2, 0.25) is 5.02 Å². The SMILES string of the molecule is CC(C)(C)c1ccc(C(=O)Nc2ccc(N3CCN(C(=O)c4ccc(Cl)cc4)CC3)cc2)cc1. The Hall–Kier alpha value is -3.31. The van der Waals surface area contributed by atoms with Crippen LogP contribution in [0, 0.1) is 0 Å². The van der Waals surface area contributed by atoms with E-state index in [4.69, 9.17) is 11.6 Å². The third-order valence-corrected chi connectivity index (χ3v) is 6.41. The first kappa shape index (κ1) is 23.8. The summed E-state index contributed by atoms with van der Waals surface area (Å²) in [6.45, 7) is 9.29. The summed E-state index contributed by atoms with van der Waals surface area (Å²) in [6, 6.07) is 22.6. The molecule has 5 nitrogen and oxygen atoms in total. The van der Waals surface area contributed by atoms with Crippen LogP contribution < -0.4 is 10.2 Å². The number of carbonyl (C=O) groups excluding carboxylic acids is 2. The number of benzene rings is 3. The molecule has 0 spiro atoms. The topological polar surface area (TPSA) is 52.7 Å². The van der Waals surface area contributed by atoms with Crippen LogP contribution in [0.1, 0.15) is 47.1 Å². The number of piperazine rings is 1. The molecule has 1 aliphatic heterocycles. The Morgan fingerprint density at radius 2 is 1.32 bits per heavy atom. The highest BCUT2D eigenvalue weighted by Gasteiger charge is 2.22. The standard InChI is InChI=1S/C28H30ClN3O2/c1-28(2,3)22-8-4-20(5-9-22)26(33)30-24-12-14-25(15-13-24)31-16-18-32(19-17-31)27(34)21-6-10-23(29)11-7-21/h4-15H,16-19H2,1-3H3,(H,30,33). The number of nitrogens with zero attached hydrogens (tertiary/aromatic N) is 2. The second kappa shape index (κ2) is 9.90. The quantitative estimate of drug-likeness (QED) is 0.514. The smallest absolute Gasteiger partial charge is 0.255 e. The molecule has 1 N–H and O–H groups in total. The van der Waals surface area contributed by atoms with E-state index < -0.39 is 0 Å². The van der Waals surface area contributed by atoms with Crippen molar-refractivity contribution in [3.05, 3.63) is 94.5 Å². The van der Waals surface area contributed by atoms with Crippen molar-refractivity contribution in [3.8, 4) is 0 Å². The second-order valence-corrected chi connectivity index (χ2v) is 10.1. The molecule has 0 aromatic heterocycles. The van der Waals surface area contributed by atoms with E-state index in [0.717, 1.165) is 24.5 Å². The van der Waals surface area contributed by atoms with E-state index in [2.05, 4.69) is 31.0 Å². The molecule has 1 fully saturated rings. The van der Waals surface area contributed by atoms with Crippen molar-refractivity contribution in [2.24, 2.45) is 0 Å². The molecule has 176 valence electrons. The first-order chi connectivity index (χ1) is 16.2. The number of halogens is 1. The lowest BCUT2D eigenvalue weighted by Gasteiger charge is -2.36. The zero-order valence-electron chi connectivity index (χ0n) is 19.8. The van der Waals surface area contributed by atoms with Crippen molar-refractivity contribution in [2.45, 2.75) is 26.2 Å². The highest BCUT2D eigenvalue weighted by molar-refractivity contribution is 6.30. The molecule has 3 aromatic rings. The van der Waals surface area contributed by atoms with Crippen LogP contribution in [0.25, 0.3) is 0 Å². The zero-order valence-corrected chi connectivity index (χ0v) is 20.6. The van der Waals surface area contributed by atoms with Gasteiger partial charge < -0.3 is 15.1 Å². The molecule has 6 heteroatoms. The average Bonchev–Trinajstić information content (AvgIpc) is 2.84. The van der Waals surface area contributed by atoms with Gasteiger partial charge in [-0.2, -0.15) is 0 Å². The summed E-state index contributed by atoms with van der Waals surface area (Å²) in [5.74, 6) is -0.0903. The lowest BCUT2D eigenvalue weighted by molar-refractivity contribution is 0.0746. The maximum absolute atomic E-state index is 12.7. The molecular weight excluding hydrogens is 446 g/mol. The summed E-state index contributed by atoms with van der Waals surface area (Å²) in [7, 11) is 0. The molecule has 0 bridgehead atoms. The molecule has 0 radical (unpaired) electrons. The Labute approximate surface area is 206 Å². The van der Waals surface area contributed by atoms with Crippen LogP contribution in [-0.2, 0) is 5.41 Å². The highest BCUT2D eigenvalue weighted by atomic mass is 35.5. The number of carbonyl (C=O) groups is 2. The van der Waals surface area contributed by atoms with Crippen LogP contribution in [0.3, 0.4) is 0 Å². The van der Waals surface area contributed by atoms with Crippen molar-refractivity contribution >= 4 is 34.8 Å². The van der Waals surface area contributed by atoms with E-state index in [0.29, 0.717) is 29.2 Å². The fraction of sp³-hybridized carbons (Fsp3) is 0.286. The minimum atomic E-state index is -0.123. The van der Waals surface area contributed by atoms with Gasteiger partial charge in [-0.15, -0.1) is 0 Å². The van der Waals surface area contributed by atoms with E-state index >= 15 is 0 Å². The van der Waals surface area contributed by atoms with Gasteiger partial charge in [0.1, 0.15) is 0 Å². The molecule has 1 aliphatic rings. The number of hydrogen-bond donors (Lipinski definition) is 1. The molecular formula is C28H30ClN3O2. The summed E-state index contributed by atoms with van der Waals surface area (Å²) < 4.78 is 0. The van der Waals surface area contributed by atoms with Gasteiger partial charge in [0.15, 0.2) is 0 Å². The summed E-state index contributed by atoms with van der Waals surface area (Å²) >= 11 is 5.92. The Kier molecular flexibility index (Phi) is 6.94. The molecule has 0 saturated carbocycles. The Morgan fingerprint density at radius 3 is 1.88 bits per heavy atom. The Balaban J connectivity index is 1.32. The van der Waals surface area contributed by atoms with Gasteiger partial charge in [0.2, 0.25) is 0 Å². The van der Waals surface area contributed by atoms with Crippen molar-refractivity contribution in [1.29, 1.82) is 0 Å². The Bertz CT molecular complexity index is 1140. The maximum atomic E-state index is 12.7. The van der Waals surface area contributed by atoms with Crippen LogP contribution in [0.4, 0.5) is 11.4 Å². The van der Waals surface area contributed by atoms with Gasteiger partial charge in [0, 0.05) is 53.7 Å². The van der Waals surface area contributed by atoms with Crippen molar-refractivity contribution in [2.75, 3.05) is 36.4 Å². The molecule has 34 heavy (non-hydrogen) atoms. The monoisotopic (exact) mass is 475 g/mol. The predicted molar refractivity (Wildman–Crippen MR) is 139 cm³/mol. The van der Waals surface area contributed by atoms with E-state index in [1.54, 1.807) is 24.3 Å². The number of rotatable bonds is 4. The highest BCUT2D eigenvalue weighted by Crippen LogP contribution is 2.24. The summed E-state index contributed by atoms with van der Waals surface area (Å²) in [5.41, 5.74) is 4.38. The molecule has 1 heterocycles. The van der Waals surface area contributed by atoms with Gasteiger partial charge in [0.25, 0.3) is 11.8 Å². The van der Waals surface area contributed by atoms with E-state index in [1.807, 2.05) is 53.4 Å². The third-order valence-electron chi connectivity index (χ3n) is 6.16. The lowest BCUT2D eigenvalue weighted by atomic mass is 9.87. The van der Waals surface area contributed by atoms with Crippen LogP contribution in [0.5, 0.6) is 0 Å². The van der Waals surface area contributed by atoms with Crippen molar-refractivity contribution in [3.63, 3.8) is 0 Å². The van der Waals surface area contributed by atoms with Gasteiger partial charge in [-0.3, -0.25) is 9.59 Å². The second-order valence-electron chi connectivity index (χ2n) is 9.61. The molecule has 0 unspecified atom stereocenters. The number of nitrogens with one attached hydrogen (secondary N) is 1. The molecule has 0 atom stereocenters. The predicted octanol–water partition coefficient (Wildman–Crippen LogP) is 5.85. The van der Waals surface area contributed by atoms with Gasteiger partial charge in [0.05, 0.1) is 0 Å². The molecule has 1 saturated heterocycles. The van der Waals surface area contributed by atoms with E-state index in [9.17, 15) is 9.59 Å². The van der Waals surface area contributed by atoms with Crippen LogP contribution in [0.15, 0.2) is 72.8 Å². The van der Waals surface area contributed by atoms with Gasteiger partial charge in [-0.05, 0) is 71.6 Å². The van der Waals surface area contributed by atoms with Crippen LogP contribution >= 0.6 is 11.6 Å². The van der Waals surface area contributed by atoms with Gasteiger partial charge in [-0.1, -0.05) is 44.5 Å².